The molecule has 0 spiro atoms. The third-order valence-corrected chi connectivity index (χ3v) is 3.49. The number of carbonyl (C=O) groups is 1. The van der Waals surface area contributed by atoms with Crippen LogP contribution in [0, 0.1) is 0 Å². The van der Waals surface area contributed by atoms with E-state index in [1.807, 2.05) is 0 Å². The van der Waals surface area contributed by atoms with E-state index in [2.05, 4.69) is 10.3 Å². The Balaban J connectivity index is 2.06. The highest BCUT2D eigenvalue weighted by atomic mass is 35.5. The molecule has 0 atom stereocenters. The second-order valence-electron chi connectivity index (χ2n) is 3.84. The van der Waals surface area contributed by atoms with Crippen molar-refractivity contribution in [2.75, 3.05) is 0 Å². The quantitative estimate of drug-likeness (QED) is 0.936. The molecule has 0 aliphatic rings. The van der Waals surface area contributed by atoms with Crippen molar-refractivity contribution < 1.29 is 18.0 Å². The molecule has 0 bridgehead atoms. The molecule has 3 nitrogen and oxygen atoms in total. The molecule has 0 unspecified atom stereocenters. The van der Waals surface area contributed by atoms with Crippen molar-refractivity contribution in [2.24, 2.45) is 0 Å². The zero-order valence-electron chi connectivity index (χ0n) is 9.87. The van der Waals surface area contributed by atoms with Crippen LogP contribution < -0.4 is 5.32 Å². The smallest absolute Gasteiger partial charge is 0.347 e. The second-order valence-corrected chi connectivity index (χ2v) is 5.13. The van der Waals surface area contributed by atoms with Crippen LogP contribution in [0.2, 0.25) is 5.02 Å². The summed E-state index contributed by atoms with van der Waals surface area (Å²) in [5.41, 5.74) is 0.581. The summed E-state index contributed by atoms with van der Waals surface area (Å²) in [5, 5.41) is 2.97. The number of hydrogen-bond donors (Lipinski definition) is 1. The fourth-order valence-corrected chi connectivity index (χ4v) is 2.32. The third-order valence-electron chi connectivity index (χ3n) is 2.41. The van der Waals surface area contributed by atoms with Crippen molar-refractivity contribution >= 4 is 28.8 Å². The van der Waals surface area contributed by atoms with Gasteiger partial charge >= 0.3 is 6.18 Å². The molecule has 1 N–H and O–H groups in total. The van der Waals surface area contributed by atoms with E-state index in [1.54, 1.807) is 24.3 Å². The van der Waals surface area contributed by atoms with Crippen LogP contribution in [0.3, 0.4) is 0 Å². The predicted molar refractivity (Wildman–Crippen MR) is 69.7 cm³/mol. The molecule has 0 saturated carbocycles. The standard InChI is InChI=1S/C12H8ClF3N2OS/c13-8-3-1-7(2-4-8)5-17-11(19)9-10(12(14,15)16)18-6-20-9/h1-4,6H,5H2,(H,17,19). The number of nitrogens with zero attached hydrogens (tertiary/aromatic N) is 1. The molecule has 0 aliphatic carbocycles. The van der Waals surface area contributed by atoms with Crippen LogP contribution in [0.15, 0.2) is 29.8 Å². The lowest BCUT2D eigenvalue weighted by molar-refractivity contribution is -0.141. The molecule has 0 radical (unpaired) electrons. The zero-order chi connectivity index (χ0) is 14.8. The van der Waals surface area contributed by atoms with Crippen LogP contribution in [0.25, 0.3) is 0 Å². The SMILES string of the molecule is O=C(NCc1ccc(Cl)cc1)c1scnc1C(F)(F)F. The zero-order valence-corrected chi connectivity index (χ0v) is 11.4. The number of amides is 1. The van der Waals surface area contributed by atoms with Crippen LogP contribution in [0.1, 0.15) is 20.9 Å². The molecule has 1 heterocycles. The number of carbonyl (C=O) groups excluding carboxylic acids is 1. The highest BCUT2D eigenvalue weighted by Crippen LogP contribution is 2.32. The molecule has 2 rings (SSSR count). The monoisotopic (exact) mass is 320 g/mol. The lowest BCUT2D eigenvalue weighted by Gasteiger charge is -2.07. The van der Waals surface area contributed by atoms with E-state index in [0.29, 0.717) is 16.4 Å². The summed E-state index contributed by atoms with van der Waals surface area (Å²) in [6.45, 7) is 0.116. The van der Waals surface area contributed by atoms with E-state index >= 15 is 0 Å². The summed E-state index contributed by atoms with van der Waals surface area (Å²) in [6, 6.07) is 6.63. The number of benzene rings is 1. The van der Waals surface area contributed by atoms with Gasteiger partial charge in [0, 0.05) is 11.6 Å². The van der Waals surface area contributed by atoms with Gasteiger partial charge < -0.3 is 5.32 Å². The Kier molecular flexibility index (Phi) is 4.29. The first kappa shape index (κ1) is 14.8. The number of aromatic nitrogens is 1. The minimum atomic E-state index is -4.63. The molecule has 0 aliphatic heterocycles. The number of nitrogens with one attached hydrogen (secondary N) is 1. The molecular formula is C12H8ClF3N2OS. The number of halogens is 4. The Hall–Kier alpha value is -1.60. The summed E-state index contributed by atoms with van der Waals surface area (Å²) in [4.78, 5) is 14.5. The molecule has 0 fully saturated rings. The lowest BCUT2D eigenvalue weighted by atomic mass is 10.2. The molecule has 0 saturated heterocycles. The fourth-order valence-electron chi connectivity index (χ4n) is 1.47. The van der Waals surface area contributed by atoms with Gasteiger partial charge in [-0.15, -0.1) is 11.3 Å². The summed E-state index contributed by atoms with van der Waals surface area (Å²) in [5.74, 6) is -0.797. The van der Waals surface area contributed by atoms with E-state index in [4.69, 9.17) is 11.6 Å². The molecule has 1 aromatic heterocycles. The van der Waals surface area contributed by atoms with E-state index < -0.39 is 22.7 Å². The van der Waals surface area contributed by atoms with Gasteiger partial charge in [0.25, 0.3) is 5.91 Å². The maximum absolute atomic E-state index is 12.6. The first-order chi connectivity index (χ1) is 9.38. The van der Waals surface area contributed by atoms with Crippen LogP contribution >= 0.6 is 22.9 Å². The molecule has 1 amide bonds. The molecular weight excluding hydrogens is 313 g/mol. The Morgan fingerprint density at radius 1 is 1.30 bits per heavy atom. The summed E-state index contributed by atoms with van der Waals surface area (Å²) >= 11 is 6.37. The van der Waals surface area contributed by atoms with Gasteiger partial charge in [0.05, 0.1) is 5.51 Å². The largest absolute Gasteiger partial charge is 0.434 e. The van der Waals surface area contributed by atoms with E-state index in [1.165, 1.54) is 0 Å². The van der Waals surface area contributed by atoms with E-state index in [9.17, 15) is 18.0 Å². The fraction of sp³-hybridized carbons (Fsp3) is 0.167. The van der Waals surface area contributed by atoms with Crippen LogP contribution in [0.4, 0.5) is 13.2 Å². The van der Waals surface area contributed by atoms with Crippen molar-refractivity contribution in [1.82, 2.24) is 10.3 Å². The van der Waals surface area contributed by atoms with E-state index in [0.717, 1.165) is 11.1 Å². The minimum Gasteiger partial charge on any atom is -0.347 e. The normalized spacial score (nSPS) is 11.4. The maximum atomic E-state index is 12.6. The van der Waals surface area contributed by atoms with Crippen LogP contribution in [-0.4, -0.2) is 10.9 Å². The topological polar surface area (TPSA) is 42.0 Å². The Bertz CT molecular complexity index is 610. The highest BCUT2D eigenvalue weighted by molar-refractivity contribution is 7.11. The Morgan fingerprint density at radius 2 is 1.95 bits per heavy atom. The highest BCUT2D eigenvalue weighted by Gasteiger charge is 2.38. The average Bonchev–Trinajstić information content (AvgIpc) is 2.87. The molecule has 106 valence electrons. The molecule has 20 heavy (non-hydrogen) atoms. The van der Waals surface area contributed by atoms with Crippen molar-refractivity contribution in [3.8, 4) is 0 Å². The predicted octanol–water partition coefficient (Wildman–Crippen LogP) is 3.75. The van der Waals surface area contributed by atoms with Crippen molar-refractivity contribution in [1.29, 1.82) is 0 Å². The third kappa shape index (κ3) is 3.49. The maximum Gasteiger partial charge on any atom is 0.434 e. The van der Waals surface area contributed by atoms with Gasteiger partial charge in [0.15, 0.2) is 5.69 Å². The van der Waals surface area contributed by atoms with Crippen LogP contribution in [-0.2, 0) is 12.7 Å². The number of hydrogen-bond acceptors (Lipinski definition) is 3. The first-order valence-corrected chi connectivity index (χ1v) is 6.67. The Morgan fingerprint density at radius 3 is 2.55 bits per heavy atom. The number of alkyl halides is 3. The Labute approximate surface area is 121 Å². The lowest BCUT2D eigenvalue weighted by Crippen LogP contribution is -2.24. The average molecular weight is 321 g/mol. The van der Waals surface area contributed by atoms with Crippen LogP contribution in [0.5, 0.6) is 0 Å². The van der Waals surface area contributed by atoms with Gasteiger partial charge in [0.1, 0.15) is 4.88 Å². The van der Waals surface area contributed by atoms with Gasteiger partial charge in [-0.2, -0.15) is 13.2 Å². The summed E-state index contributed by atoms with van der Waals surface area (Å²) in [6.07, 6.45) is -4.63. The van der Waals surface area contributed by atoms with Crippen molar-refractivity contribution in [2.45, 2.75) is 12.7 Å². The van der Waals surface area contributed by atoms with Gasteiger partial charge in [0.2, 0.25) is 0 Å². The van der Waals surface area contributed by atoms with E-state index in [-0.39, 0.29) is 6.54 Å². The molecule has 2 aromatic rings. The van der Waals surface area contributed by atoms with Gasteiger partial charge in [-0.25, -0.2) is 4.98 Å². The molecule has 8 heteroatoms. The summed E-state index contributed by atoms with van der Waals surface area (Å²) < 4.78 is 37.8. The van der Waals surface area contributed by atoms with Crippen molar-refractivity contribution in [3.05, 3.63) is 50.9 Å². The number of thiazole rings is 1. The second kappa shape index (κ2) is 5.80. The molecule has 1 aromatic carbocycles. The minimum absolute atomic E-state index is 0.116. The van der Waals surface area contributed by atoms with Crippen molar-refractivity contribution in [3.63, 3.8) is 0 Å². The first-order valence-electron chi connectivity index (χ1n) is 5.41. The summed E-state index contributed by atoms with van der Waals surface area (Å²) in [7, 11) is 0. The number of rotatable bonds is 3. The van der Waals surface area contributed by atoms with Gasteiger partial charge in [-0.1, -0.05) is 23.7 Å². The van der Waals surface area contributed by atoms with Gasteiger partial charge in [-0.3, -0.25) is 4.79 Å². The van der Waals surface area contributed by atoms with Gasteiger partial charge in [-0.05, 0) is 17.7 Å².